The van der Waals surface area contributed by atoms with Crippen LogP contribution in [0.2, 0.25) is 5.02 Å². The van der Waals surface area contributed by atoms with E-state index in [0.29, 0.717) is 5.69 Å². The van der Waals surface area contributed by atoms with Crippen LogP contribution in [0.3, 0.4) is 0 Å². The lowest BCUT2D eigenvalue weighted by Crippen LogP contribution is -1.88. The minimum atomic E-state index is 0.684. The average molecular weight is 234 g/mol. The van der Waals surface area contributed by atoms with Crippen molar-refractivity contribution in [3.63, 3.8) is 0 Å². The second-order valence-electron chi connectivity index (χ2n) is 3.59. The maximum Gasteiger partial charge on any atom is 0.129 e. The van der Waals surface area contributed by atoms with Crippen LogP contribution in [0.15, 0.2) is 42.5 Å². The predicted molar refractivity (Wildman–Crippen MR) is 67.1 cm³/mol. The number of ether oxygens (including phenoxy) is 1. The molecule has 2 nitrogen and oxygen atoms in total. The standard InChI is InChI=1S/C13H12ClNO/c1-9-7-12(5-6-13(9)14)16-11-4-2-3-10(15)8-11/h2-8H,15H2,1H3. The van der Waals surface area contributed by atoms with E-state index in [1.54, 1.807) is 6.07 Å². The maximum atomic E-state index is 5.93. The Bertz CT molecular complexity index is 511. The molecule has 2 aromatic rings. The molecule has 0 unspecified atom stereocenters. The Balaban J connectivity index is 2.24. The lowest BCUT2D eigenvalue weighted by molar-refractivity contribution is 0.482. The van der Waals surface area contributed by atoms with Crippen molar-refractivity contribution in [3.05, 3.63) is 53.1 Å². The van der Waals surface area contributed by atoms with Crippen molar-refractivity contribution >= 4 is 17.3 Å². The van der Waals surface area contributed by atoms with E-state index in [9.17, 15) is 0 Å². The molecule has 0 aliphatic rings. The lowest BCUT2D eigenvalue weighted by Gasteiger charge is -2.07. The number of halogens is 1. The number of aryl methyl sites for hydroxylation is 1. The number of hydrogen-bond acceptors (Lipinski definition) is 2. The number of anilines is 1. The fourth-order valence-corrected chi connectivity index (χ4v) is 1.51. The molecule has 0 aliphatic heterocycles. The van der Waals surface area contributed by atoms with Crippen molar-refractivity contribution in [2.75, 3.05) is 5.73 Å². The van der Waals surface area contributed by atoms with Crippen LogP contribution in [0.4, 0.5) is 5.69 Å². The molecular weight excluding hydrogens is 222 g/mol. The molecule has 82 valence electrons. The van der Waals surface area contributed by atoms with Gasteiger partial charge >= 0.3 is 0 Å². The first kappa shape index (κ1) is 10.8. The Morgan fingerprint density at radius 1 is 1.06 bits per heavy atom. The Morgan fingerprint density at radius 2 is 1.81 bits per heavy atom. The third-order valence-corrected chi connectivity index (χ3v) is 2.65. The number of rotatable bonds is 2. The highest BCUT2D eigenvalue weighted by atomic mass is 35.5. The van der Waals surface area contributed by atoms with Gasteiger partial charge in [0.2, 0.25) is 0 Å². The summed E-state index contributed by atoms with van der Waals surface area (Å²) in [6, 6.07) is 12.9. The molecule has 3 heteroatoms. The number of nitrogen functional groups attached to an aromatic ring is 1. The van der Waals surface area contributed by atoms with E-state index in [-0.39, 0.29) is 0 Å². The molecule has 0 saturated heterocycles. The first-order valence-electron chi connectivity index (χ1n) is 4.95. The summed E-state index contributed by atoms with van der Waals surface area (Å²) in [6.45, 7) is 1.94. The smallest absolute Gasteiger partial charge is 0.129 e. The van der Waals surface area contributed by atoms with E-state index in [1.165, 1.54) is 0 Å². The Morgan fingerprint density at radius 3 is 2.50 bits per heavy atom. The van der Waals surface area contributed by atoms with Gasteiger partial charge in [0.1, 0.15) is 11.5 Å². The van der Waals surface area contributed by atoms with E-state index >= 15 is 0 Å². The lowest BCUT2D eigenvalue weighted by atomic mass is 10.2. The van der Waals surface area contributed by atoms with Gasteiger partial charge in [-0.05, 0) is 42.8 Å². The normalized spacial score (nSPS) is 10.1. The molecule has 16 heavy (non-hydrogen) atoms. The van der Waals surface area contributed by atoms with Gasteiger partial charge in [-0.3, -0.25) is 0 Å². The molecule has 2 aromatic carbocycles. The molecule has 0 saturated carbocycles. The third kappa shape index (κ3) is 2.47. The minimum Gasteiger partial charge on any atom is -0.457 e. The van der Waals surface area contributed by atoms with E-state index in [2.05, 4.69) is 0 Å². The van der Waals surface area contributed by atoms with Crippen molar-refractivity contribution < 1.29 is 4.74 Å². The van der Waals surface area contributed by atoms with Gasteiger partial charge in [-0.2, -0.15) is 0 Å². The molecule has 0 aromatic heterocycles. The molecule has 0 aliphatic carbocycles. The van der Waals surface area contributed by atoms with Gasteiger partial charge < -0.3 is 10.5 Å². The molecule has 2 rings (SSSR count). The topological polar surface area (TPSA) is 35.2 Å². The molecular formula is C13H12ClNO. The predicted octanol–water partition coefficient (Wildman–Crippen LogP) is 4.02. The fraction of sp³-hybridized carbons (Fsp3) is 0.0769. The first-order valence-corrected chi connectivity index (χ1v) is 5.32. The van der Waals surface area contributed by atoms with Crippen LogP contribution in [-0.4, -0.2) is 0 Å². The van der Waals surface area contributed by atoms with Crippen molar-refractivity contribution in [2.24, 2.45) is 0 Å². The number of benzene rings is 2. The van der Waals surface area contributed by atoms with Crippen LogP contribution in [0.5, 0.6) is 11.5 Å². The quantitative estimate of drug-likeness (QED) is 0.795. The fourth-order valence-electron chi connectivity index (χ4n) is 1.39. The zero-order valence-electron chi connectivity index (χ0n) is 8.91. The monoisotopic (exact) mass is 233 g/mol. The zero-order chi connectivity index (χ0) is 11.5. The van der Waals surface area contributed by atoms with E-state index < -0.39 is 0 Å². The molecule has 0 amide bonds. The van der Waals surface area contributed by atoms with Crippen molar-refractivity contribution in [1.29, 1.82) is 0 Å². The SMILES string of the molecule is Cc1cc(Oc2cccc(N)c2)ccc1Cl. The maximum absolute atomic E-state index is 5.93. The summed E-state index contributed by atoms with van der Waals surface area (Å²) < 4.78 is 5.66. The number of hydrogen-bond donors (Lipinski definition) is 1. The summed E-state index contributed by atoms with van der Waals surface area (Å²) in [5.74, 6) is 1.48. The van der Waals surface area contributed by atoms with Crippen molar-refractivity contribution in [2.45, 2.75) is 6.92 Å². The van der Waals surface area contributed by atoms with Crippen molar-refractivity contribution in [3.8, 4) is 11.5 Å². The largest absolute Gasteiger partial charge is 0.457 e. The Kier molecular flexibility index (Phi) is 3.02. The highest BCUT2D eigenvalue weighted by Crippen LogP contribution is 2.26. The van der Waals surface area contributed by atoms with Gasteiger partial charge in [-0.25, -0.2) is 0 Å². The number of nitrogens with two attached hydrogens (primary N) is 1. The molecule has 0 atom stereocenters. The Hall–Kier alpha value is -1.67. The highest BCUT2D eigenvalue weighted by Gasteiger charge is 2.00. The third-order valence-electron chi connectivity index (χ3n) is 2.22. The van der Waals surface area contributed by atoms with E-state index in [1.807, 2.05) is 43.3 Å². The zero-order valence-corrected chi connectivity index (χ0v) is 9.66. The molecule has 0 radical (unpaired) electrons. The van der Waals surface area contributed by atoms with Gasteiger partial charge in [0.05, 0.1) is 0 Å². The summed E-state index contributed by atoms with van der Waals surface area (Å²) in [5, 5.41) is 0.736. The molecule has 0 heterocycles. The molecule has 0 fully saturated rings. The summed E-state index contributed by atoms with van der Waals surface area (Å²) in [6.07, 6.45) is 0. The second-order valence-corrected chi connectivity index (χ2v) is 3.99. The van der Waals surface area contributed by atoms with Crippen LogP contribution in [0.25, 0.3) is 0 Å². The van der Waals surface area contributed by atoms with Gasteiger partial charge in [-0.1, -0.05) is 17.7 Å². The summed E-state index contributed by atoms with van der Waals surface area (Å²) in [5.41, 5.74) is 7.34. The van der Waals surface area contributed by atoms with Crippen LogP contribution in [-0.2, 0) is 0 Å². The van der Waals surface area contributed by atoms with Gasteiger partial charge in [0, 0.05) is 16.8 Å². The average Bonchev–Trinajstić information content (AvgIpc) is 2.24. The van der Waals surface area contributed by atoms with Crippen molar-refractivity contribution in [1.82, 2.24) is 0 Å². The van der Waals surface area contributed by atoms with E-state index in [4.69, 9.17) is 22.1 Å². The van der Waals surface area contributed by atoms with Crippen LogP contribution >= 0.6 is 11.6 Å². The second kappa shape index (κ2) is 4.45. The van der Waals surface area contributed by atoms with Crippen LogP contribution < -0.4 is 10.5 Å². The van der Waals surface area contributed by atoms with Crippen LogP contribution in [0.1, 0.15) is 5.56 Å². The van der Waals surface area contributed by atoms with Gasteiger partial charge in [-0.15, -0.1) is 0 Å². The molecule has 0 spiro atoms. The summed E-state index contributed by atoms with van der Waals surface area (Å²) in [4.78, 5) is 0. The molecule has 2 N–H and O–H groups in total. The summed E-state index contributed by atoms with van der Waals surface area (Å²) >= 11 is 5.93. The first-order chi connectivity index (χ1) is 7.65. The summed E-state index contributed by atoms with van der Waals surface area (Å²) in [7, 11) is 0. The Labute approximate surface area is 99.6 Å². The van der Waals surface area contributed by atoms with E-state index in [0.717, 1.165) is 22.1 Å². The van der Waals surface area contributed by atoms with Crippen LogP contribution in [0, 0.1) is 6.92 Å². The highest BCUT2D eigenvalue weighted by molar-refractivity contribution is 6.31. The van der Waals surface area contributed by atoms with Gasteiger partial charge in [0.15, 0.2) is 0 Å². The molecule has 0 bridgehead atoms. The minimum absolute atomic E-state index is 0.684. The van der Waals surface area contributed by atoms with Gasteiger partial charge in [0.25, 0.3) is 0 Å².